The second-order valence-corrected chi connectivity index (χ2v) is 5.13. The number of hydrogen-bond acceptors (Lipinski definition) is 2. The average Bonchev–Trinajstić information content (AvgIpc) is 2.49. The van der Waals surface area contributed by atoms with Crippen LogP contribution in [-0.2, 0) is 0 Å². The molecule has 0 aliphatic rings. The molecule has 0 bridgehead atoms. The van der Waals surface area contributed by atoms with E-state index in [1.807, 2.05) is 36.4 Å². The van der Waals surface area contributed by atoms with Crippen molar-refractivity contribution in [3.8, 4) is 0 Å². The smallest absolute Gasteiger partial charge is 0.256 e. The summed E-state index contributed by atoms with van der Waals surface area (Å²) in [5, 5.41) is 5.17. The maximum atomic E-state index is 12.5. The van der Waals surface area contributed by atoms with Gasteiger partial charge in [-0.3, -0.25) is 4.79 Å². The Hall–Kier alpha value is -2.52. The highest BCUT2D eigenvalue weighted by molar-refractivity contribution is 6.34. The lowest BCUT2D eigenvalue weighted by molar-refractivity contribution is 0.102. The first-order valence-electron chi connectivity index (χ1n) is 6.49. The fourth-order valence-corrected chi connectivity index (χ4v) is 2.48. The monoisotopic (exact) mass is 296 g/mol. The van der Waals surface area contributed by atoms with Crippen molar-refractivity contribution >= 4 is 39.7 Å². The van der Waals surface area contributed by atoms with Crippen LogP contribution in [0.2, 0.25) is 5.02 Å². The van der Waals surface area contributed by atoms with Gasteiger partial charge in [0, 0.05) is 11.3 Å². The van der Waals surface area contributed by atoms with Crippen LogP contribution in [0.15, 0.2) is 60.7 Å². The van der Waals surface area contributed by atoms with Crippen LogP contribution in [0.4, 0.5) is 11.4 Å². The number of benzene rings is 3. The van der Waals surface area contributed by atoms with Crippen LogP contribution in [0, 0.1) is 0 Å². The molecular formula is C17H13ClN2O. The molecule has 0 aliphatic carbocycles. The lowest BCUT2D eigenvalue weighted by Gasteiger charge is -2.10. The highest BCUT2D eigenvalue weighted by atomic mass is 35.5. The zero-order chi connectivity index (χ0) is 14.8. The number of nitrogens with one attached hydrogen (secondary N) is 1. The highest BCUT2D eigenvalue weighted by Crippen LogP contribution is 2.26. The predicted molar refractivity (Wildman–Crippen MR) is 87.8 cm³/mol. The Bertz CT molecular complexity index is 825. The van der Waals surface area contributed by atoms with Crippen LogP contribution >= 0.6 is 11.6 Å². The third kappa shape index (κ3) is 2.69. The molecule has 3 aromatic rings. The summed E-state index contributed by atoms with van der Waals surface area (Å²) >= 11 is 6.08. The molecule has 0 aliphatic heterocycles. The molecule has 4 heteroatoms. The number of carbonyl (C=O) groups is 1. The van der Waals surface area contributed by atoms with Crippen LogP contribution in [0.5, 0.6) is 0 Å². The maximum Gasteiger partial charge on any atom is 0.256 e. The summed E-state index contributed by atoms with van der Waals surface area (Å²) in [6, 6.07) is 18.4. The van der Waals surface area contributed by atoms with E-state index in [1.54, 1.807) is 24.3 Å². The average molecular weight is 297 g/mol. The van der Waals surface area contributed by atoms with Gasteiger partial charge in [-0.1, -0.05) is 48.0 Å². The lowest BCUT2D eigenvalue weighted by atomic mass is 10.0. The Morgan fingerprint density at radius 2 is 1.76 bits per heavy atom. The van der Waals surface area contributed by atoms with Gasteiger partial charge in [-0.2, -0.15) is 0 Å². The first kappa shape index (κ1) is 13.5. The zero-order valence-corrected chi connectivity index (χ0v) is 11.9. The van der Waals surface area contributed by atoms with E-state index in [2.05, 4.69) is 5.32 Å². The fraction of sp³-hybridized carbons (Fsp3) is 0. The van der Waals surface area contributed by atoms with Gasteiger partial charge in [-0.05, 0) is 35.0 Å². The van der Waals surface area contributed by atoms with Gasteiger partial charge < -0.3 is 11.1 Å². The summed E-state index contributed by atoms with van der Waals surface area (Å²) in [6.07, 6.45) is 0. The van der Waals surface area contributed by atoms with E-state index in [9.17, 15) is 4.79 Å². The summed E-state index contributed by atoms with van der Waals surface area (Å²) in [6.45, 7) is 0. The molecule has 3 rings (SSSR count). The van der Waals surface area contributed by atoms with Crippen LogP contribution < -0.4 is 11.1 Å². The van der Waals surface area contributed by atoms with Crippen molar-refractivity contribution in [1.29, 1.82) is 0 Å². The third-order valence-electron chi connectivity index (χ3n) is 3.28. The fourth-order valence-electron chi connectivity index (χ4n) is 2.25. The maximum absolute atomic E-state index is 12.5. The first-order valence-corrected chi connectivity index (χ1v) is 6.87. The molecule has 0 saturated heterocycles. The molecule has 104 valence electrons. The van der Waals surface area contributed by atoms with Crippen LogP contribution in [0.1, 0.15) is 10.4 Å². The molecule has 1 amide bonds. The number of anilines is 2. The Morgan fingerprint density at radius 3 is 2.57 bits per heavy atom. The quantitative estimate of drug-likeness (QED) is 0.692. The SMILES string of the molecule is Nc1ccc(NC(=O)c2cccc3ccccc23)c(Cl)c1. The molecule has 0 spiro atoms. The van der Waals surface area contributed by atoms with Gasteiger partial charge in [0.2, 0.25) is 0 Å². The molecule has 3 aromatic carbocycles. The summed E-state index contributed by atoms with van der Waals surface area (Å²) in [5.41, 5.74) is 7.36. The zero-order valence-electron chi connectivity index (χ0n) is 11.1. The van der Waals surface area contributed by atoms with E-state index in [0.717, 1.165) is 10.8 Å². The highest BCUT2D eigenvalue weighted by Gasteiger charge is 2.11. The van der Waals surface area contributed by atoms with Gasteiger partial charge in [0.15, 0.2) is 0 Å². The van der Waals surface area contributed by atoms with Crippen molar-refractivity contribution in [1.82, 2.24) is 0 Å². The van der Waals surface area contributed by atoms with E-state index in [0.29, 0.717) is 22.0 Å². The van der Waals surface area contributed by atoms with Gasteiger partial charge >= 0.3 is 0 Å². The molecular weight excluding hydrogens is 284 g/mol. The van der Waals surface area contributed by atoms with Gasteiger partial charge in [-0.25, -0.2) is 0 Å². The molecule has 0 unspecified atom stereocenters. The molecule has 3 nitrogen and oxygen atoms in total. The number of halogens is 1. The van der Waals surface area contributed by atoms with Crippen molar-refractivity contribution in [2.24, 2.45) is 0 Å². The Balaban J connectivity index is 1.97. The topological polar surface area (TPSA) is 55.1 Å². The van der Waals surface area contributed by atoms with Crippen molar-refractivity contribution < 1.29 is 4.79 Å². The number of nitrogens with two attached hydrogens (primary N) is 1. The van der Waals surface area contributed by atoms with Gasteiger partial charge in [-0.15, -0.1) is 0 Å². The molecule has 0 radical (unpaired) electrons. The standard InChI is InChI=1S/C17H13ClN2O/c18-15-10-12(19)8-9-16(15)20-17(21)14-7-3-5-11-4-1-2-6-13(11)14/h1-10H,19H2,(H,20,21). The van der Waals surface area contributed by atoms with Crippen molar-refractivity contribution in [2.75, 3.05) is 11.1 Å². The largest absolute Gasteiger partial charge is 0.399 e. The van der Waals surface area contributed by atoms with E-state index in [4.69, 9.17) is 17.3 Å². The summed E-state index contributed by atoms with van der Waals surface area (Å²) in [7, 11) is 0. The predicted octanol–water partition coefficient (Wildman–Crippen LogP) is 4.33. The number of nitrogen functional groups attached to an aromatic ring is 1. The minimum Gasteiger partial charge on any atom is -0.399 e. The lowest BCUT2D eigenvalue weighted by Crippen LogP contribution is -2.12. The number of amides is 1. The third-order valence-corrected chi connectivity index (χ3v) is 3.59. The van der Waals surface area contributed by atoms with E-state index >= 15 is 0 Å². The Labute approximate surface area is 127 Å². The molecule has 3 N–H and O–H groups in total. The van der Waals surface area contributed by atoms with Crippen LogP contribution in [0.25, 0.3) is 10.8 Å². The molecule has 0 fully saturated rings. The Kier molecular flexibility index (Phi) is 3.50. The summed E-state index contributed by atoms with van der Waals surface area (Å²) in [5.74, 6) is -0.196. The molecule has 0 heterocycles. The van der Waals surface area contributed by atoms with E-state index in [1.165, 1.54) is 0 Å². The Morgan fingerprint density at radius 1 is 1.00 bits per heavy atom. The minimum atomic E-state index is -0.196. The number of rotatable bonds is 2. The summed E-state index contributed by atoms with van der Waals surface area (Å²) in [4.78, 5) is 12.5. The normalized spacial score (nSPS) is 10.5. The number of fused-ring (bicyclic) bond motifs is 1. The van der Waals surface area contributed by atoms with Crippen molar-refractivity contribution in [2.45, 2.75) is 0 Å². The minimum absolute atomic E-state index is 0.196. The van der Waals surface area contributed by atoms with Crippen LogP contribution in [-0.4, -0.2) is 5.91 Å². The van der Waals surface area contributed by atoms with Crippen molar-refractivity contribution in [3.05, 3.63) is 71.2 Å². The first-order chi connectivity index (χ1) is 10.1. The van der Waals surface area contributed by atoms with E-state index in [-0.39, 0.29) is 5.91 Å². The number of carbonyl (C=O) groups excluding carboxylic acids is 1. The molecule has 21 heavy (non-hydrogen) atoms. The van der Waals surface area contributed by atoms with Gasteiger partial charge in [0.1, 0.15) is 0 Å². The van der Waals surface area contributed by atoms with Crippen LogP contribution in [0.3, 0.4) is 0 Å². The van der Waals surface area contributed by atoms with Crippen molar-refractivity contribution in [3.63, 3.8) is 0 Å². The molecule has 0 saturated carbocycles. The van der Waals surface area contributed by atoms with Gasteiger partial charge in [0.25, 0.3) is 5.91 Å². The molecule has 0 aromatic heterocycles. The second-order valence-electron chi connectivity index (χ2n) is 4.72. The van der Waals surface area contributed by atoms with E-state index < -0.39 is 0 Å². The molecule has 0 atom stereocenters. The second kappa shape index (κ2) is 5.46. The summed E-state index contributed by atoms with van der Waals surface area (Å²) < 4.78 is 0. The van der Waals surface area contributed by atoms with Gasteiger partial charge in [0.05, 0.1) is 10.7 Å². The number of hydrogen-bond donors (Lipinski definition) is 2.